The van der Waals surface area contributed by atoms with Crippen LogP contribution in [0.15, 0.2) is 72.8 Å². The van der Waals surface area contributed by atoms with Gasteiger partial charge in [-0.15, -0.1) is 0 Å². The second-order valence-corrected chi connectivity index (χ2v) is 5.98. The molecule has 0 aliphatic heterocycles. The number of benzene rings is 3. The molecular weight excluding hydrogens is 280 g/mol. The molecule has 0 atom stereocenters. The van der Waals surface area contributed by atoms with Gasteiger partial charge in [0.05, 0.1) is 11.4 Å². The predicted octanol–water partition coefficient (Wildman–Crippen LogP) is 5.22. The van der Waals surface area contributed by atoms with Gasteiger partial charge in [0.1, 0.15) is 0 Å². The lowest BCUT2D eigenvalue weighted by atomic mass is 10.1. The van der Waals surface area contributed by atoms with E-state index in [-0.39, 0.29) is 0 Å². The minimum Gasteiger partial charge on any atom is -0.397 e. The van der Waals surface area contributed by atoms with Gasteiger partial charge in [-0.3, -0.25) is 0 Å². The lowest BCUT2D eigenvalue weighted by molar-refractivity contribution is 0.972. The minimum atomic E-state index is 0.792. The van der Waals surface area contributed by atoms with Crippen molar-refractivity contribution in [2.75, 3.05) is 10.6 Å². The van der Waals surface area contributed by atoms with E-state index in [4.69, 9.17) is 5.73 Å². The summed E-state index contributed by atoms with van der Waals surface area (Å²) in [5.74, 6) is 0. The Balaban J connectivity index is 2.04. The van der Waals surface area contributed by atoms with Crippen molar-refractivity contribution in [2.45, 2.75) is 20.4 Å². The second kappa shape index (κ2) is 6.57. The van der Waals surface area contributed by atoms with Crippen molar-refractivity contribution < 1.29 is 0 Å². The second-order valence-electron chi connectivity index (χ2n) is 5.98. The SMILES string of the molecule is Cc1cc(C)cc(CN(c2ccccc2)c2ccccc2N)c1. The number of hydrogen-bond acceptors (Lipinski definition) is 2. The molecule has 0 saturated heterocycles. The number of aryl methyl sites for hydroxylation is 2. The first-order valence-electron chi connectivity index (χ1n) is 7.88. The lowest BCUT2D eigenvalue weighted by Crippen LogP contribution is -2.18. The van der Waals surface area contributed by atoms with Crippen LogP contribution in [0, 0.1) is 13.8 Å². The zero-order chi connectivity index (χ0) is 16.2. The Morgan fingerprint density at radius 2 is 1.39 bits per heavy atom. The van der Waals surface area contributed by atoms with E-state index in [0.29, 0.717) is 0 Å². The van der Waals surface area contributed by atoms with Gasteiger partial charge in [-0.25, -0.2) is 0 Å². The van der Waals surface area contributed by atoms with Crippen LogP contribution in [0.4, 0.5) is 17.1 Å². The number of hydrogen-bond donors (Lipinski definition) is 1. The maximum atomic E-state index is 6.23. The van der Waals surface area contributed by atoms with Gasteiger partial charge in [0, 0.05) is 12.2 Å². The third-order valence-corrected chi connectivity index (χ3v) is 3.92. The summed E-state index contributed by atoms with van der Waals surface area (Å²) in [4.78, 5) is 2.27. The molecule has 2 nitrogen and oxygen atoms in total. The average molecular weight is 302 g/mol. The Labute approximate surface area is 138 Å². The highest BCUT2D eigenvalue weighted by atomic mass is 15.1. The van der Waals surface area contributed by atoms with Crippen LogP contribution < -0.4 is 10.6 Å². The summed E-state index contributed by atoms with van der Waals surface area (Å²) in [6.07, 6.45) is 0. The van der Waals surface area contributed by atoms with Crippen LogP contribution in [-0.4, -0.2) is 0 Å². The van der Waals surface area contributed by atoms with Gasteiger partial charge in [-0.1, -0.05) is 59.7 Å². The van der Waals surface area contributed by atoms with Gasteiger partial charge >= 0.3 is 0 Å². The summed E-state index contributed by atoms with van der Waals surface area (Å²) in [6.45, 7) is 5.07. The van der Waals surface area contributed by atoms with Crippen LogP contribution in [0.2, 0.25) is 0 Å². The molecule has 0 aliphatic rings. The molecule has 3 rings (SSSR count). The number of nitrogens with two attached hydrogens (primary N) is 1. The van der Waals surface area contributed by atoms with Crippen LogP contribution >= 0.6 is 0 Å². The summed E-state index contributed by atoms with van der Waals surface area (Å²) in [6, 6.07) is 25.1. The standard InChI is InChI=1S/C21H22N2/c1-16-12-17(2)14-18(13-16)15-23(19-8-4-3-5-9-19)21-11-7-6-10-20(21)22/h3-14H,15,22H2,1-2H3. The van der Waals surface area contributed by atoms with Crippen molar-refractivity contribution in [3.63, 3.8) is 0 Å². The van der Waals surface area contributed by atoms with Crippen molar-refractivity contribution in [2.24, 2.45) is 0 Å². The first-order chi connectivity index (χ1) is 11.1. The quantitative estimate of drug-likeness (QED) is 0.669. The van der Waals surface area contributed by atoms with Crippen molar-refractivity contribution in [3.8, 4) is 0 Å². The minimum absolute atomic E-state index is 0.792. The Bertz CT molecular complexity index is 774. The Morgan fingerprint density at radius 1 is 0.783 bits per heavy atom. The zero-order valence-corrected chi connectivity index (χ0v) is 13.7. The third kappa shape index (κ3) is 3.54. The van der Waals surface area contributed by atoms with Gasteiger partial charge in [-0.05, 0) is 43.7 Å². The van der Waals surface area contributed by atoms with Crippen molar-refractivity contribution in [1.82, 2.24) is 0 Å². The first-order valence-corrected chi connectivity index (χ1v) is 7.88. The third-order valence-electron chi connectivity index (χ3n) is 3.92. The number of anilines is 3. The molecule has 0 aromatic heterocycles. The molecule has 0 radical (unpaired) electrons. The molecule has 23 heavy (non-hydrogen) atoms. The molecule has 0 heterocycles. The van der Waals surface area contributed by atoms with Gasteiger partial charge in [0.25, 0.3) is 0 Å². The monoisotopic (exact) mass is 302 g/mol. The molecule has 0 fully saturated rings. The molecule has 0 aliphatic carbocycles. The normalized spacial score (nSPS) is 10.5. The lowest BCUT2D eigenvalue weighted by Gasteiger charge is -2.27. The van der Waals surface area contributed by atoms with Gasteiger partial charge in [-0.2, -0.15) is 0 Å². The molecule has 3 aromatic carbocycles. The molecule has 0 unspecified atom stereocenters. The van der Waals surface area contributed by atoms with Crippen molar-refractivity contribution in [3.05, 3.63) is 89.5 Å². The Morgan fingerprint density at radius 3 is 2.04 bits per heavy atom. The molecule has 116 valence electrons. The highest BCUT2D eigenvalue weighted by Crippen LogP contribution is 2.32. The molecule has 2 N–H and O–H groups in total. The fourth-order valence-electron chi connectivity index (χ4n) is 3.00. The Kier molecular flexibility index (Phi) is 4.33. The molecule has 0 bridgehead atoms. The molecule has 2 heteroatoms. The van der Waals surface area contributed by atoms with E-state index in [1.54, 1.807) is 0 Å². The van der Waals surface area contributed by atoms with E-state index in [0.717, 1.165) is 23.6 Å². The highest BCUT2D eigenvalue weighted by Gasteiger charge is 2.12. The van der Waals surface area contributed by atoms with Crippen LogP contribution in [0.3, 0.4) is 0 Å². The predicted molar refractivity (Wildman–Crippen MR) is 99.1 cm³/mol. The number of nitrogens with zero attached hydrogens (tertiary/aromatic N) is 1. The van der Waals surface area contributed by atoms with Gasteiger partial charge in [0.15, 0.2) is 0 Å². The van der Waals surface area contributed by atoms with Crippen molar-refractivity contribution in [1.29, 1.82) is 0 Å². The first kappa shape index (κ1) is 15.2. The molecule has 0 amide bonds. The molecular formula is C21H22N2. The fourth-order valence-corrected chi connectivity index (χ4v) is 3.00. The number of nitrogen functional groups attached to an aromatic ring is 1. The Hall–Kier alpha value is -2.74. The van der Waals surface area contributed by atoms with Crippen LogP contribution in [0.25, 0.3) is 0 Å². The maximum absolute atomic E-state index is 6.23. The van der Waals surface area contributed by atoms with Crippen molar-refractivity contribution >= 4 is 17.1 Å². The zero-order valence-electron chi connectivity index (χ0n) is 13.7. The topological polar surface area (TPSA) is 29.3 Å². The van der Waals surface area contributed by atoms with E-state index >= 15 is 0 Å². The molecule has 3 aromatic rings. The molecule has 0 spiro atoms. The molecule has 0 saturated carbocycles. The summed E-state index contributed by atoms with van der Waals surface area (Å²) in [5, 5.41) is 0. The summed E-state index contributed by atoms with van der Waals surface area (Å²) < 4.78 is 0. The van der Waals surface area contributed by atoms with E-state index in [2.05, 4.69) is 67.3 Å². The van der Waals surface area contributed by atoms with Crippen LogP contribution in [-0.2, 0) is 6.54 Å². The average Bonchev–Trinajstić information content (AvgIpc) is 2.53. The summed E-state index contributed by atoms with van der Waals surface area (Å²) >= 11 is 0. The number of para-hydroxylation sites is 3. The fraction of sp³-hybridized carbons (Fsp3) is 0.143. The largest absolute Gasteiger partial charge is 0.397 e. The van der Waals surface area contributed by atoms with Gasteiger partial charge < -0.3 is 10.6 Å². The number of rotatable bonds is 4. The summed E-state index contributed by atoms with van der Waals surface area (Å²) in [7, 11) is 0. The van der Waals surface area contributed by atoms with Crippen LogP contribution in [0.1, 0.15) is 16.7 Å². The maximum Gasteiger partial charge on any atom is 0.0647 e. The smallest absolute Gasteiger partial charge is 0.0647 e. The van der Waals surface area contributed by atoms with Gasteiger partial charge in [0.2, 0.25) is 0 Å². The summed E-state index contributed by atoms with van der Waals surface area (Å²) in [5.41, 5.74) is 13.1. The van der Waals surface area contributed by atoms with E-state index in [1.807, 2.05) is 24.3 Å². The van der Waals surface area contributed by atoms with E-state index in [1.165, 1.54) is 16.7 Å². The van der Waals surface area contributed by atoms with E-state index < -0.39 is 0 Å². The van der Waals surface area contributed by atoms with Crippen LogP contribution in [0.5, 0.6) is 0 Å². The highest BCUT2D eigenvalue weighted by molar-refractivity contribution is 5.74. The van der Waals surface area contributed by atoms with E-state index in [9.17, 15) is 0 Å².